The molecule has 0 N–H and O–H groups in total. The third kappa shape index (κ3) is 5.01. The van der Waals surface area contributed by atoms with Crippen LogP contribution in [0.25, 0.3) is 0 Å². The van der Waals surface area contributed by atoms with Gasteiger partial charge in [0.05, 0.1) is 22.6 Å². The number of benzene rings is 3. The normalized spacial score (nSPS) is 16.2. The molecule has 0 spiro atoms. The Morgan fingerprint density at radius 1 is 1.09 bits per heavy atom. The van der Waals surface area contributed by atoms with Crippen LogP contribution in [0.5, 0.6) is 5.75 Å². The Bertz CT molecular complexity index is 1340. The first-order valence-corrected chi connectivity index (χ1v) is 12.9. The molecule has 0 aliphatic carbocycles. The highest BCUT2D eigenvalue weighted by Gasteiger charge is 2.36. The van der Waals surface area contributed by atoms with E-state index < -0.39 is 10.0 Å². The van der Waals surface area contributed by atoms with Crippen LogP contribution in [0.3, 0.4) is 0 Å². The van der Waals surface area contributed by atoms with E-state index in [0.717, 1.165) is 11.3 Å². The molecule has 9 heteroatoms. The fourth-order valence-electron chi connectivity index (χ4n) is 4.11. The van der Waals surface area contributed by atoms with Crippen molar-refractivity contribution in [2.75, 3.05) is 25.1 Å². The van der Waals surface area contributed by atoms with E-state index in [0.29, 0.717) is 47.4 Å². The molecule has 1 fully saturated rings. The van der Waals surface area contributed by atoms with Crippen LogP contribution < -0.4 is 9.64 Å². The standard InChI is InChI=1S/C25H23Cl2N3O3S/c1-33-22-6-4-7-23(14-22)34(31,32)29-12-11-21(17-29)30(16-19-5-2-3-8-24(19)26)20-10-9-18(15-28)25(27)13-20/h2-10,13-14,21H,11-12,16-17H2,1H3/t21-/m0/s1. The summed E-state index contributed by atoms with van der Waals surface area (Å²) in [4.78, 5) is 2.31. The summed E-state index contributed by atoms with van der Waals surface area (Å²) in [5.74, 6) is 0.490. The Morgan fingerprint density at radius 3 is 2.59 bits per heavy atom. The second kappa shape index (κ2) is 10.2. The molecule has 1 saturated heterocycles. The molecule has 0 amide bonds. The molecule has 0 bridgehead atoms. The minimum Gasteiger partial charge on any atom is -0.497 e. The second-order valence-corrected chi connectivity index (χ2v) is 10.7. The maximum absolute atomic E-state index is 13.3. The Labute approximate surface area is 209 Å². The molecule has 0 saturated carbocycles. The molecule has 1 atom stereocenters. The number of rotatable bonds is 7. The van der Waals surface area contributed by atoms with E-state index in [-0.39, 0.29) is 10.9 Å². The molecule has 1 heterocycles. The summed E-state index contributed by atoms with van der Waals surface area (Å²) >= 11 is 12.8. The fraction of sp³-hybridized carbons (Fsp3) is 0.240. The van der Waals surface area contributed by atoms with Gasteiger partial charge in [0, 0.05) is 42.5 Å². The van der Waals surface area contributed by atoms with Crippen molar-refractivity contribution in [3.63, 3.8) is 0 Å². The molecule has 0 aromatic heterocycles. The highest BCUT2D eigenvalue weighted by molar-refractivity contribution is 7.89. The highest BCUT2D eigenvalue weighted by Crippen LogP contribution is 2.32. The van der Waals surface area contributed by atoms with Gasteiger partial charge in [-0.1, -0.05) is 47.5 Å². The van der Waals surface area contributed by atoms with Gasteiger partial charge in [-0.05, 0) is 48.4 Å². The minimum atomic E-state index is -3.69. The Hall–Kier alpha value is -2.76. The lowest BCUT2D eigenvalue weighted by atomic mass is 10.1. The molecule has 0 radical (unpaired) electrons. The van der Waals surface area contributed by atoms with Crippen molar-refractivity contribution < 1.29 is 13.2 Å². The molecule has 3 aromatic rings. The van der Waals surface area contributed by atoms with E-state index in [1.807, 2.05) is 30.3 Å². The molecule has 1 aliphatic heterocycles. The van der Waals surface area contributed by atoms with Gasteiger partial charge < -0.3 is 9.64 Å². The van der Waals surface area contributed by atoms with Crippen LogP contribution in [0.4, 0.5) is 5.69 Å². The van der Waals surface area contributed by atoms with Gasteiger partial charge in [-0.2, -0.15) is 9.57 Å². The van der Waals surface area contributed by atoms with Crippen LogP contribution in [0.15, 0.2) is 71.6 Å². The Balaban J connectivity index is 1.65. The van der Waals surface area contributed by atoms with E-state index in [9.17, 15) is 13.7 Å². The van der Waals surface area contributed by atoms with E-state index >= 15 is 0 Å². The van der Waals surface area contributed by atoms with Gasteiger partial charge in [-0.25, -0.2) is 8.42 Å². The summed E-state index contributed by atoms with van der Waals surface area (Å²) in [6, 6.07) is 21.3. The summed E-state index contributed by atoms with van der Waals surface area (Å²) < 4.78 is 33.4. The van der Waals surface area contributed by atoms with Crippen molar-refractivity contribution in [1.29, 1.82) is 5.26 Å². The zero-order valence-electron chi connectivity index (χ0n) is 18.5. The number of nitrogens with zero attached hydrogens (tertiary/aromatic N) is 3. The molecule has 176 valence electrons. The molecule has 1 aliphatic rings. The maximum atomic E-state index is 13.3. The van der Waals surface area contributed by atoms with Crippen molar-refractivity contribution in [1.82, 2.24) is 4.31 Å². The van der Waals surface area contributed by atoms with Gasteiger partial charge >= 0.3 is 0 Å². The molecule has 4 rings (SSSR count). The quantitative estimate of drug-likeness (QED) is 0.424. The third-order valence-electron chi connectivity index (χ3n) is 5.95. The zero-order chi connectivity index (χ0) is 24.3. The Kier molecular flexibility index (Phi) is 7.34. The number of halogens is 2. The van der Waals surface area contributed by atoms with Crippen molar-refractivity contribution in [2.24, 2.45) is 0 Å². The first-order valence-electron chi connectivity index (χ1n) is 10.7. The minimum absolute atomic E-state index is 0.111. The number of ether oxygens (including phenoxy) is 1. The SMILES string of the molecule is COc1cccc(S(=O)(=O)N2CC[C@H](N(Cc3ccccc3Cl)c3ccc(C#N)c(Cl)c3)C2)c1. The number of nitriles is 1. The third-order valence-corrected chi connectivity index (χ3v) is 8.49. The number of anilines is 1. The summed E-state index contributed by atoms with van der Waals surface area (Å²) in [5.41, 5.74) is 2.10. The number of sulfonamides is 1. The number of methoxy groups -OCH3 is 1. The van der Waals surface area contributed by atoms with Crippen LogP contribution >= 0.6 is 23.2 Å². The van der Waals surface area contributed by atoms with Gasteiger partial charge in [-0.3, -0.25) is 0 Å². The van der Waals surface area contributed by atoms with E-state index in [1.165, 1.54) is 17.5 Å². The average molecular weight is 516 g/mol. The highest BCUT2D eigenvalue weighted by atomic mass is 35.5. The average Bonchev–Trinajstić information content (AvgIpc) is 3.34. The van der Waals surface area contributed by atoms with Gasteiger partial charge in [0.1, 0.15) is 11.8 Å². The largest absolute Gasteiger partial charge is 0.497 e. The van der Waals surface area contributed by atoms with Crippen molar-refractivity contribution >= 4 is 38.9 Å². The molecule has 3 aromatic carbocycles. The smallest absolute Gasteiger partial charge is 0.243 e. The fourth-order valence-corrected chi connectivity index (χ4v) is 6.05. The molecule has 6 nitrogen and oxygen atoms in total. The van der Waals surface area contributed by atoms with Gasteiger partial charge in [0.25, 0.3) is 0 Å². The number of hydrogen-bond acceptors (Lipinski definition) is 5. The van der Waals surface area contributed by atoms with Crippen molar-refractivity contribution in [2.45, 2.75) is 23.9 Å². The molecular weight excluding hydrogens is 493 g/mol. The van der Waals surface area contributed by atoms with Crippen LogP contribution in [-0.2, 0) is 16.6 Å². The summed E-state index contributed by atoms with van der Waals surface area (Å²) in [7, 11) is -2.18. The summed E-state index contributed by atoms with van der Waals surface area (Å²) in [5, 5.41) is 10.2. The lowest BCUT2D eigenvalue weighted by molar-refractivity contribution is 0.412. The molecule has 34 heavy (non-hydrogen) atoms. The van der Waals surface area contributed by atoms with Gasteiger partial charge in [0.2, 0.25) is 10.0 Å². The predicted molar refractivity (Wildman–Crippen MR) is 134 cm³/mol. The first kappa shape index (κ1) is 24.4. The van der Waals surface area contributed by atoms with Crippen LogP contribution in [0.1, 0.15) is 17.5 Å². The topological polar surface area (TPSA) is 73.6 Å². The molecule has 0 unspecified atom stereocenters. The number of hydrogen-bond donors (Lipinski definition) is 0. The van der Waals surface area contributed by atoms with Crippen LogP contribution in [0.2, 0.25) is 10.0 Å². The lowest BCUT2D eigenvalue weighted by Gasteiger charge is -2.32. The first-order chi connectivity index (χ1) is 16.3. The van der Waals surface area contributed by atoms with Crippen molar-refractivity contribution in [3.8, 4) is 11.8 Å². The van der Waals surface area contributed by atoms with Crippen LogP contribution in [0, 0.1) is 11.3 Å². The lowest BCUT2D eigenvalue weighted by Crippen LogP contribution is -2.38. The summed E-state index contributed by atoms with van der Waals surface area (Å²) in [6.45, 7) is 1.16. The second-order valence-electron chi connectivity index (χ2n) is 7.98. The van der Waals surface area contributed by atoms with Crippen molar-refractivity contribution in [3.05, 3.63) is 87.9 Å². The van der Waals surface area contributed by atoms with Gasteiger partial charge in [-0.15, -0.1) is 0 Å². The monoisotopic (exact) mass is 515 g/mol. The van der Waals surface area contributed by atoms with Gasteiger partial charge in [0.15, 0.2) is 0 Å². The Morgan fingerprint density at radius 2 is 1.88 bits per heavy atom. The van der Waals surface area contributed by atoms with E-state index in [4.69, 9.17) is 27.9 Å². The van der Waals surface area contributed by atoms with E-state index in [1.54, 1.807) is 30.3 Å². The molecular formula is C25H23Cl2N3O3S. The van der Waals surface area contributed by atoms with E-state index in [2.05, 4.69) is 11.0 Å². The maximum Gasteiger partial charge on any atom is 0.243 e. The predicted octanol–water partition coefficient (Wildman–Crippen LogP) is 5.34. The zero-order valence-corrected chi connectivity index (χ0v) is 20.8. The summed E-state index contributed by atoms with van der Waals surface area (Å²) in [6.07, 6.45) is 0.630. The van der Waals surface area contributed by atoms with Crippen LogP contribution in [-0.4, -0.2) is 39.0 Å².